The van der Waals surface area contributed by atoms with Gasteiger partial charge in [0.15, 0.2) is 18.9 Å². The third-order valence-electron chi connectivity index (χ3n) is 7.13. The molecule has 1 aliphatic heterocycles. The molecule has 182 valence electrons. The molecular formula is C26H28Cl2N4OSSi. The third kappa shape index (κ3) is 4.21. The van der Waals surface area contributed by atoms with Gasteiger partial charge in [0, 0.05) is 5.25 Å². The smallest absolute Gasteiger partial charge is 0.225 e. The summed E-state index contributed by atoms with van der Waals surface area (Å²) in [5, 5.41) is 15.3. The van der Waals surface area contributed by atoms with Gasteiger partial charge in [0.25, 0.3) is 0 Å². The summed E-state index contributed by atoms with van der Waals surface area (Å²) in [5.74, 6) is 0. The lowest BCUT2D eigenvalue weighted by molar-refractivity contribution is 0.235. The highest BCUT2D eigenvalue weighted by molar-refractivity contribution is 8.00. The van der Waals surface area contributed by atoms with E-state index < -0.39 is 13.8 Å². The summed E-state index contributed by atoms with van der Waals surface area (Å²) in [4.78, 5) is 12.8. The molecule has 0 amide bonds. The Morgan fingerprint density at radius 2 is 1.57 bits per heavy atom. The number of aliphatic hydroxyl groups excluding tert-OH is 1. The van der Waals surface area contributed by atoms with Gasteiger partial charge < -0.3 is 9.67 Å². The Morgan fingerprint density at radius 3 is 2.14 bits per heavy atom. The van der Waals surface area contributed by atoms with Gasteiger partial charge in [-0.2, -0.15) is 4.98 Å². The quantitative estimate of drug-likeness (QED) is 0.205. The fourth-order valence-corrected chi connectivity index (χ4v) is 14.1. The Bertz CT molecular complexity index is 1290. The van der Waals surface area contributed by atoms with E-state index in [2.05, 4.69) is 84.3 Å². The van der Waals surface area contributed by atoms with Crippen molar-refractivity contribution in [3.63, 3.8) is 0 Å². The number of hydrogen-bond acceptors (Lipinski definition) is 5. The minimum absolute atomic E-state index is 0.0662. The Kier molecular flexibility index (Phi) is 6.74. The lowest BCUT2D eigenvalue weighted by atomic mass is 10.2. The van der Waals surface area contributed by atoms with Crippen molar-refractivity contribution in [1.82, 2.24) is 19.5 Å². The predicted molar refractivity (Wildman–Crippen MR) is 149 cm³/mol. The van der Waals surface area contributed by atoms with Crippen molar-refractivity contribution in [3.8, 4) is 0 Å². The summed E-state index contributed by atoms with van der Waals surface area (Å²) in [6, 6.07) is 21.3. The minimum atomic E-state index is -2.66. The van der Waals surface area contributed by atoms with Gasteiger partial charge >= 0.3 is 0 Å². The maximum Gasteiger partial charge on any atom is 0.225 e. The van der Waals surface area contributed by atoms with Crippen molar-refractivity contribution in [2.24, 2.45) is 0 Å². The Morgan fingerprint density at radius 1 is 0.971 bits per heavy atom. The standard InChI is InChI=1S/C26H28Cl2N4OSSi/c1-26(2,3)35(17-10-6-4-7-11-17,18-12-8-5-9-13-18)24(33)19-14-15-20(34-19)32-16-29-21-22(27)30-25(28)31-23(21)32/h4-13,16,19-20,24,33H,14-15H2,1-3H3/t19-,20+,24?/m1/s1. The second-order valence-electron chi connectivity index (χ2n) is 10.0. The second kappa shape index (κ2) is 9.52. The normalized spacial score (nSPS) is 19.8. The van der Waals surface area contributed by atoms with Gasteiger partial charge in [0.2, 0.25) is 5.28 Å². The first-order valence-electron chi connectivity index (χ1n) is 11.7. The SMILES string of the molecule is CC(C)(C)[Si](c1ccccc1)(c1ccccc1)C(O)[C@H]1CC[C@@H](n2cnc3c(Cl)nc(Cl)nc32)S1. The van der Waals surface area contributed by atoms with E-state index in [-0.39, 0.29) is 26.1 Å². The van der Waals surface area contributed by atoms with Gasteiger partial charge in [-0.05, 0) is 29.5 Å². The molecule has 9 heteroatoms. The van der Waals surface area contributed by atoms with Crippen LogP contribution in [0.4, 0.5) is 0 Å². The molecule has 1 aliphatic rings. The Balaban J connectivity index is 1.56. The van der Waals surface area contributed by atoms with Gasteiger partial charge in [0.1, 0.15) is 5.52 Å². The van der Waals surface area contributed by atoms with Crippen LogP contribution in [0.25, 0.3) is 11.2 Å². The van der Waals surface area contributed by atoms with E-state index in [0.29, 0.717) is 11.2 Å². The summed E-state index contributed by atoms with van der Waals surface area (Å²) >= 11 is 14.1. The summed E-state index contributed by atoms with van der Waals surface area (Å²) in [6.45, 7) is 6.84. The topological polar surface area (TPSA) is 63.8 Å². The predicted octanol–water partition coefficient (Wildman–Crippen LogP) is 5.49. The van der Waals surface area contributed by atoms with Crippen LogP contribution >= 0.6 is 35.0 Å². The molecule has 0 bridgehead atoms. The van der Waals surface area contributed by atoms with E-state index in [4.69, 9.17) is 23.2 Å². The lowest BCUT2D eigenvalue weighted by Crippen LogP contribution is -2.73. The highest BCUT2D eigenvalue weighted by atomic mass is 35.5. The molecule has 0 aliphatic carbocycles. The van der Waals surface area contributed by atoms with Crippen molar-refractivity contribution in [2.75, 3.05) is 0 Å². The molecule has 3 heterocycles. The van der Waals surface area contributed by atoms with Crippen LogP contribution in [0.2, 0.25) is 15.5 Å². The molecule has 5 rings (SSSR count). The Hall–Kier alpha value is -1.90. The monoisotopic (exact) mass is 542 g/mol. The van der Waals surface area contributed by atoms with E-state index in [1.807, 2.05) is 16.7 Å². The van der Waals surface area contributed by atoms with Crippen LogP contribution in [-0.4, -0.2) is 43.7 Å². The van der Waals surface area contributed by atoms with Crippen LogP contribution in [0, 0.1) is 0 Å². The molecule has 4 aromatic rings. The van der Waals surface area contributed by atoms with Crippen molar-refractivity contribution in [1.29, 1.82) is 0 Å². The molecular weight excluding hydrogens is 515 g/mol. The largest absolute Gasteiger partial charge is 0.395 e. The molecule has 35 heavy (non-hydrogen) atoms. The maximum absolute atomic E-state index is 12.4. The Labute approximate surface area is 220 Å². The highest BCUT2D eigenvalue weighted by Gasteiger charge is 2.56. The molecule has 0 saturated carbocycles. The molecule has 1 unspecified atom stereocenters. The van der Waals surface area contributed by atoms with E-state index in [0.717, 1.165) is 12.8 Å². The van der Waals surface area contributed by atoms with Gasteiger partial charge in [-0.1, -0.05) is 103 Å². The summed E-state index contributed by atoms with van der Waals surface area (Å²) in [5.41, 5.74) is 0.694. The molecule has 5 nitrogen and oxygen atoms in total. The number of benzene rings is 2. The number of aromatic nitrogens is 4. The first-order valence-corrected chi connectivity index (χ1v) is 15.5. The maximum atomic E-state index is 12.4. The van der Waals surface area contributed by atoms with Crippen LogP contribution in [0.1, 0.15) is 39.0 Å². The van der Waals surface area contributed by atoms with Crippen molar-refractivity contribution < 1.29 is 5.11 Å². The molecule has 0 radical (unpaired) electrons. The second-order valence-corrected chi connectivity index (χ2v) is 17.0. The number of halogens is 2. The zero-order chi connectivity index (χ0) is 24.8. The number of thioether (sulfide) groups is 1. The molecule has 3 atom stereocenters. The number of imidazole rings is 1. The van der Waals surface area contributed by atoms with Gasteiger partial charge in [-0.25, -0.2) is 9.97 Å². The summed E-state index contributed by atoms with van der Waals surface area (Å²) in [7, 11) is -2.66. The molecule has 1 fully saturated rings. The van der Waals surface area contributed by atoms with Crippen molar-refractivity contribution in [3.05, 3.63) is 77.4 Å². The number of aliphatic hydroxyl groups is 1. The third-order valence-corrected chi connectivity index (χ3v) is 15.6. The molecule has 0 spiro atoms. The fraction of sp³-hybridized carbons (Fsp3) is 0.346. The summed E-state index contributed by atoms with van der Waals surface area (Å²) < 4.78 is 2.03. The zero-order valence-electron chi connectivity index (χ0n) is 19.9. The van der Waals surface area contributed by atoms with Crippen LogP contribution in [0.5, 0.6) is 0 Å². The van der Waals surface area contributed by atoms with Gasteiger partial charge in [-0.3, -0.25) is 0 Å². The van der Waals surface area contributed by atoms with Crippen LogP contribution < -0.4 is 10.4 Å². The average molecular weight is 544 g/mol. The van der Waals surface area contributed by atoms with Crippen molar-refractivity contribution >= 4 is 64.6 Å². The first kappa shape index (κ1) is 24.8. The minimum Gasteiger partial charge on any atom is -0.395 e. The number of fused-ring (bicyclic) bond motifs is 1. The fourth-order valence-electron chi connectivity index (χ4n) is 5.65. The highest BCUT2D eigenvalue weighted by Crippen LogP contribution is 2.49. The number of nitrogens with zero attached hydrogens (tertiary/aromatic N) is 4. The van der Waals surface area contributed by atoms with Crippen LogP contribution in [-0.2, 0) is 0 Å². The first-order chi connectivity index (χ1) is 16.7. The lowest BCUT2D eigenvalue weighted by Gasteiger charge is -2.48. The van der Waals surface area contributed by atoms with E-state index >= 15 is 0 Å². The molecule has 2 aromatic heterocycles. The number of rotatable bonds is 5. The molecule has 2 aromatic carbocycles. The molecule has 1 N–H and O–H groups in total. The number of hydrogen-bond donors (Lipinski definition) is 1. The van der Waals surface area contributed by atoms with Gasteiger partial charge in [0.05, 0.1) is 17.4 Å². The van der Waals surface area contributed by atoms with Crippen molar-refractivity contribution in [2.45, 2.75) is 55.0 Å². The van der Waals surface area contributed by atoms with Crippen LogP contribution in [0.15, 0.2) is 67.0 Å². The average Bonchev–Trinajstić information content (AvgIpc) is 3.47. The van der Waals surface area contributed by atoms with E-state index in [9.17, 15) is 5.11 Å². The van der Waals surface area contributed by atoms with E-state index in [1.54, 1.807) is 18.1 Å². The van der Waals surface area contributed by atoms with E-state index in [1.165, 1.54) is 10.4 Å². The molecule has 1 saturated heterocycles. The zero-order valence-corrected chi connectivity index (χ0v) is 23.2. The van der Waals surface area contributed by atoms with Crippen LogP contribution in [0.3, 0.4) is 0 Å². The summed E-state index contributed by atoms with van der Waals surface area (Å²) in [6.07, 6.45) is 3.55. The van der Waals surface area contributed by atoms with Gasteiger partial charge in [-0.15, -0.1) is 11.8 Å².